The summed E-state index contributed by atoms with van der Waals surface area (Å²) < 4.78 is 17.6. The number of aryl methyl sites for hydroxylation is 1. The largest absolute Gasteiger partial charge is 0.507 e. The Labute approximate surface area is 267 Å². The third-order valence-electron chi connectivity index (χ3n) is 8.33. The normalized spacial score (nSPS) is 16.1. The van der Waals surface area contributed by atoms with Crippen molar-refractivity contribution in [2.75, 3.05) is 39.9 Å². The van der Waals surface area contributed by atoms with Gasteiger partial charge in [0, 0.05) is 18.7 Å². The van der Waals surface area contributed by atoms with E-state index in [0.29, 0.717) is 60.6 Å². The van der Waals surface area contributed by atoms with Gasteiger partial charge in [-0.1, -0.05) is 58.0 Å². The molecule has 1 saturated heterocycles. The van der Waals surface area contributed by atoms with Crippen LogP contribution < -0.4 is 14.2 Å². The van der Waals surface area contributed by atoms with Crippen molar-refractivity contribution < 1.29 is 28.9 Å². The molecule has 45 heavy (non-hydrogen) atoms. The molecule has 1 heterocycles. The van der Waals surface area contributed by atoms with Crippen LogP contribution in [-0.2, 0) is 16.2 Å². The molecule has 1 unspecified atom stereocenters. The zero-order chi connectivity index (χ0) is 32.5. The van der Waals surface area contributed by atoms with E-state index in [0.717, 1.165) is 30.6 Å². The molecule has 1 N–H and O–H groups in total. The molecule has 1 fully saturated rings. The Hall–Kier alpha value is -4.30. The quantitative estimate of drug-likeness (QED) is 0.115. The number of methoxy groups -OCH3 is 1. The van der Waals surface area contributed by atoms with E-state index in [4.69, 9.17) is 14.2 Å². The number of nitrogens with zero attached hydrogens (tertiary/aromatic N) is 2. The number of hydrogen-bond donors (Lipinski definition) is 1. The van der Waals surface area contributed by atoms with Crippen molar-refractivity contribution in [3.63, 3.8) is 0 Å². The van der Waals surface area contributed by atoms with Crippen LogP contribution in [0.25, 0.3) is 5.76 Å². The lowest BCUT2D eigenvalue weighted by atomic mass is 9.95. The molecule has 3 aromatic carbocycles. The van der Waals surface area contributed by atoms with Crippen molar-refractivity contribution in [1.29, 1.82) is 0 Å². The smallest absolute Gasteiger partial charge is 0.295 e. The molecule has 1 aliphatic heterocycles. The van der Waals surface area contributed by atoms with Crippen LogP contribution in [0.1, 0.15) is 62.4 Å². The van der Waals surface area contributed by atoms with Crippen LogP contribution in [0.5, 0.6) is 17.2 Å². The van der Waals surface area contributed by atoms with E-state index in [-0.39, 0.29) is 11.3 Å². The third-order valence-corrected chi connectivity index (χ3v) is 8.33. The molecule has 0 aliphatic carbocycles. The summed E-state index contributed by atoms with van der Waals surface area (Å²) in [6, 6.07) is 19.6. The summed E-state index contributed by atoms with van der Waals surface area (Å²) in [5.74, 6) is 0.629. The highest BCUT2D eigenvalue weighted by Gasteiger charge is 2.46. The maximum Gasteiger partial charge on any atom is 0.295 e. The number of likely N-dealkylation sites (tertiary alicyclic amines) is 1. The molecule has 0 spiro atoms. The Morgan fingerprint density at radius 1 is 0.956 bits per heavy atom. The topological polar surface area (TPSA) is 88.5 Å². The number of rotatable bonds is 15. The Balaban J connectivity index is 1.68. The SMILES string of the molecule is CCN(CC)CCN1C(=O)C(=O)/C(=C(/O)c2ccc(OCc3ccccc3C)cc2)C1c1ccc(OCCC(C)C)c(OC)c1. The van der Waals surface area contributed by atoms with Gasteiger partial charge in [-0.05, 0) is 85.4 Å². The first-order chi connectivity index (χ1) is 21.7. The van der Waals surface area contributed by atoms with Crippen LogP contribution in [0.2, 0.25) is 0 Å². The van der Waals surface area contributed by atoms with E-state index < -0.39 is 17.7 Å². The zero-order valence-corrected chi connectivity index (χ0v) is 27.3. The Kier molecular flexibility index (Phi) is 11.7. The molecule has 4 rings (SSSR count). The van der Waals surface area contributed by atoms with Crippen molar-refractivity contribution in [1.82, 2.24) is 9.80 Å². The second-order valence-electron chi connectivity index (χ2n) is 11.7. The highest BCUT2D eigenvalue weighted by molar-refractivity contribution is 6.46. The Bertz CT molecular complexity index is 1490. The fourth-order valence-corrected chi connectivity index (χ4v) is 5.42. The highest BCUT2D eigenvalue weighted by atomic mass is 16.5. The molecular formula is C37H46N2O6. The van der Waals surface area contributed by atoms with E-state index >= 15 is 0 Å². The molecule has 240 valence electrons. The summed E-state index contributed by atoms with van der Waals surface area (Å²) in [5.41, 5.74) is 3.35. The number of amides is 1. The molecule has 1 atom stereocenters. The molecule has 8 heteroatoms. The molecule has 0 saturated carbocycles. The first-order valence-electron chi connectivity index (χ1n) is 15.8. The summed E-state index contributed by atoms with van der Waals surface area (Å²) >= 11 is 0. The van der Waals surface area contributed by atoms with Gasteiger partial charge in [-0.3, -0.25) is 9.59 Å². The van der Waals surface area contributed by atoms with E-state index in [1.54, 1.807) is 48.4 Å². The third kappa shape index (κ3) is 8.05. The molecule has 0 radical (unpaired) electrons. The van der Waals surface area contributed by atoms with Crippen LogP contribution in [0, 0.1) is 12.8 Å². The van der Waals surface area contributed by atoms with Gasteiger partial charge in [0.15, 0.2) is 11.5 Å². The molecule has 3 aromatic rings. The van der Waals surface area contributed by atoms with Gasteiger partial charge >= 0.3 is 0 Å². The predicted octanol–water partition coefficient (Wildman–Crippen LogP) is 6.77. The standard InChI is InChI=1S/C37H46N2O6/c1-7-38(8-2)20-21-39-34(28-15-18-31(32(23-28)43-6)44-22-19-25(3)4)33(36(41)37(39)42)35(40)27-13-16-30(17-14-27)45-24-29-12-10-9-11-26(29)5/h9-18,23,25,34,40H,7-8,19-22,24H2,1-6H3/b35-33+. The number of carbonyl (C=O) groups is 2. The second-order valence-corrected chi connectivity index (χ2v) is 11.7. The second kappa shape index (κ2) is 15.6. The van der Waals surface area contributed by atoms with Crippen molar-refractivity contribution in [2.24, 2.45) is 5.92 Å². The Morgan fingerprint density at radius 2 is 1.67 bits per heavy atom. The fraction of sp³-hybridized carbons (Fsp3) is 0.405. The van der Waals surface area contributed by atoms with Gasteiger partial charge in [0.25, 0.3) is 11.7 Å². The minimum atomic E-state index is -0.795. The van der Waals surface area contributed by atoms with Crippen molar-refractivity contribution in [2.45, 2.75) is 53.7 Å². The van der Waals surface area contributed by atoms with E-state index in [9.17, 15) is 14.7 Å². The molecular weight excluding hydrogens is 568 g/mol. The van der Waals surface area contributed by atoms with Gasteiger partial charge in [0.05, 0.1) is 25.3 Å². The number of likely N-dealkylation sites (N-methyl/N-ethyl adjacent to an activating group) is 1. The fourth-order valence-electron chi connectivity index (χ4n) is 5.42. The number of Topliss-reactive ketones (excluding diaryl/α,β-unsaturated/α-hetero) is 1. The minimum absolute atomic E-state index is 0.0451. The first kappa shape index (κ1) is 33.6. The zero-order valence-electron chi connectivity index (χ0n) is 27.3. The van der Waals surface area contributed by atoms with Crippen molar-refractivity contribution >= 4 is 17.4 Å². The molecule has 1 amide bonds. The summed E-state index contributed by atoms with van der Waals surface area (Å²) in [6.07, 6.45) is 0.895. The van der Waals surface area contributed by atoms with E-state index in [1.807, 2.05) is 37.3 Å². The number of aliphatic hydroxyl groups excluding tert-OH is 1. The van der Waals surface area contributed by atoms with E-state index in [2.05, 4.69) is 32.6 Å². The average molecular weight is 615 g/mol. The number of ketones is 1. The van der Waals surface area contributed by atoms with E-state index in [1.165, 1.54) is 0 Å². The lowest BCUT2D eigenvalue weighted by molar-refractivity contribution is -0.140. The molecule has 0 bridgehead atoms. The average Bonchev–Trinajstić information content (AvgIpc) is 3.30. The van der Waals surface area contributed by atoms with Gasteiger partial charge in [-0.15, -0.1) is 0 Å². The maximum atomic E-state index is 13.6. The number of aliphatic hydroxyl groups is 1. The summed E-state index contributed by atoms with van der Waals surface area (Å²) in [5, 5.41) is 11.6. The minimum Gasteiger partial charge on any atom is -0.507 e. The molecule has 0 aromatic heterocycles. The van der Waals surface area contributed by atoms with Crippen molar-refractivity contribution in [3.05, 3.63) is 94.6 Å². The van der Waals surface area contributed by atoms with Gasteiger partial charge in [-0.25, -0.2) is 0 Å². The van der Waals surface area contributed by atoms with Gasteiger partial charge in [-0.2, -0.15) is 0 Å². The van der Waals surface area contributed by atoms with Gasteiger partial charge in [0.2, 0.25) is 0 Å². The molecule has 8 nitrogen and oxygen atoms in total. The first-order valence-corrected chi connectivity index (χ1v) is 15.8. The lowest BCUT2D eigenvalue weighted by Crippen LogP contribution is -2.38. The van der Waals surface area contributed by atoms with Gasteiger partial charge in [0.1, 0.15) is 18.1 Å². The summed E-state index contributed by atoms with van der Waals surface area (Å²) in [7, 11) is 1.56. The van der Waals surface area contributed by atoms with Crippen LogP contribution >= 0.6 is 0 Å². The monoisotopic (exact) mass is 614 g/mol. The number of ether oxygens (including phenoxy) is 3. The summed E-state index contributed by atoms with van der Waals surface area (Å²) in [6.45, 7) is 13.9. The van der Waals surface area contributed by atoms with Crippen LogP contribution in [-0.4, -0.2) is 66.5 Å². The highest BCUT2D eigenvalue weighted by Crippen LogP contribution is 2.42. The van der Waals surface area contributed by atoms with Gasteiger partial charge < -0.3 is 29.1 Å². The summed E-state index contributed by atoms with van der Waals surface area (Å²) in [4.78, 5) is 30.8. The number of hydrogen-bond acceptors (Lipinski definition) is 7. The van der Waals surface area contributed by atoms with Crippen LogP contribution in [0.15, 0.2) is 72.3 Å². The lowest BCUT2D eigenvalue weighted by Gasteiger charge is -2.28. The predicted molar refractivity (Wildman–Crippen MR) is 177 cm³/mol. The molecule has 1 aliphatic rings. The maximum absolute atomic E-state index is 13.6. The Morgan fingerprint density at radius 3 is 2.31 bits per heavy atom. The van der Waals surface area contributed by atoms with Crippen LogP contribution in [0.4, 0.5) is 0 Å². The number of benzene rings is 3. The van der Waals surface area contributed by atoms with Crippen LogP contribution in [0.3, 0.4) is 0 Å². The number of carbonyl (C=O) groups excluding carboxylic acids is 2. The van der Waals surface area contributed by atoms with Crippen molar-refractivity contribution in [3.8, 4) is 17.2 Å².